The molecule has 1 aromatic heterocycles. The summed E-state index contributed by atoms with van der Waals surface area (Å²) in [6.07, 6.45) is 1.56. The lowest BCUT2D eigenvalue weighted by Gasteiger charge is -2.07. The van der Waals surface area contributed by atoms with Gasteiger partial charge in [0.2, 0.25) is 0 Å². The second-order valence-corrected chi connectivity index (χ2v) is 2.31. The van der Waals surface area contributed by atoms with Crippen LogP contribution in [0.5, 0.6) is 0 Å². The lowest BCUT2D eigenvalue weighted by atomic mass is 10.3. The van der Waals surface area contributed by atoms with Crippen LogP contribution in [0.3, 0.4) is 0 Å². The summed E-state index contributed by atoms with van der Waals surface area (Å²) in [5.41, 5.74) is 12.0. The van der Waals surface area contributed by atoms with Gasteiger partial charge in [0.1, 0.15) is 0 Å². The largest absolute Gasteiger partial charge is 0.397 e. The zero-order valence-electron chi connectivity index (χ0n) is 6.62. The van der Waals surface area contributed by atoms with Gasteiger partial charge in [0.15, 0.2) is 5.82 Å². The van der Waals surface area contributed by atoms with Crippen LogP contribution in [0.1, 0.15) is 0 Å². The zero-order valence-corrected chi connectivity index (χ0v) is 6.62. The third kappa shape index (κ3) is 1.76. The highest BCUT2D eigenvalue weighted by atomic mass is 16.3. The van der Waals surface area contributed by atoms with Gasteiger partial charge in [-0.25, -0.2) is 4.98 Å². The molecular formula is C7H12N4O. The van der Waals surface area contributed by atoms with Crippen molar-refractivity contribution in [2.45, 2.75) is 0 Å². The smallest absolute Gasteiger partial charge is 0.151 e. The average molecular weight is 168 g/mol. The molecule has 0 amide bonds. The van der Waals surface area contributed by atoms with Crippen molar-refractivity contribution in [1.29, 1.82) is 0 Å². The number of pyridine rings is 1. The molecule has 0 bridgehead atoms. The number of nitrogens with two attached hydrogens (primary N) is 2. The predicted octanol–water partition coefficient (Wildman–Crippen LogP) is -0.350. The maximum absolute atomic E-state index is 8.53. The molecule has 5 heteroatoms. The van der Waals surface area contributed by atoms with E-state index < -0.39 is 0 Å². The van der Waals surface area contributed by atoms with Gasteiger partial charge in [-0.1, -0.05) is 0 Å². The summed E-state index contributed by atoms with van der Waals surface area (Å²) in [5, 5.41) is 11.4. The first-order valence-corrected chi connectivity index (χ1v) is 3.60. The molecule has 0 saturated heterocycles. The van der Waals surface area contributed by atoms with Crippen molar-refractivity contribution in [2.75, 3.05) is 29.9 Å². The Morgan fingerprint density at radius 3 is 2.92 bits per heavy atom. The Morgan fingerprint density at radius 1 is 1.50 bits per heavy atom. The number of nitrogens with one attached hydrogen (secondary N) is 1. The van der Waals surface area contributed by atoms with Gasteiger partial charge in [0.25, 0.3) is 0 Å². The van der Waals surface area contributed by atoms with E-state index in [-0.39, 0.29) is 6.61 Å². The summed E-state index contributed by atoms with van der Waals surface area (Å²) in [7, 11) is 0. The molecule has 6 N–H and O–H groups in total. The number of nitrogen functional groups attached to an aromatic ring is 2. The normalized spacial score (nSPS) is 9.75. The first-order valence-electron chi connectivity index (χ1n) is 3.60. The monoisotopic (exact) mass is 168 g/mol. The lowest BCUT2D eigenvalue weighted by molar-refractivity contribution is 0.311. The van der Waals surface area contributed by atoms with E-state index in [1.165, 1.54) is 0 Å². The van der Waals surface area contributed by atoms with E-state index >= 15 is 0 Å². The van der Waals surface area contributed by atoms with Crippen molar-refractivity contribution in [3.05, 3.63) is 12.3 Å². The molecule has 0 fully saturated rings. The SMILES string of the molecule is Nc1ccnc(NCCO)c1N. The zero-order chi connectivity index (χ0) is 8.97. The van der Waals surface area contributed by atoms with Crippen LogP contribution >= 0.6 is 0 Å². The number of hydrogen-bond acceptors (Lipinski definition) is 5. The standard InChI is InChI=1S/C7H12N4O/c8-5-1-2-10-7(6(5)9)11-3-4-12/h1-2,12H,3-4,9H2,(H3,8,10,11). The summed E-state index contributed by atoms with van der Waals surface area (Å²) in [4.78, 5) is 3.95. The van der Waals surface area contributed by atoms with Crippen molar-refractivity contribution < 1.29 is 5.11 Å². The minimum Gasteiger partial charge on any atom is -0.397 e. The fraction of sp³-hybridized carbons (Fsp3) is 0.286. The second-order valence-electron chi connectivity index (χ2n) is 2.31. The van der Waals surface area contributed by atoms with Crippen molar-refractivity contribution in [3.8, 4) is 0 Å². The Bertz CT molecular complexity index is 264. The molecule has 12 heavy (non-hydrogen) atoms. The van der Waals surface area contributed by atoms with E-state index in [0.717, 1.165) is 0 Å². The summed E-state index contributed by atoms with van der Waals surface area (Å²) >= 11 is 0. The summed E-state index contributed by atoms with van der Waals surface area (Å²) < 4.78 is 0. The summed E-state index contributed by atoms with van der Waals surface area (Å²) in [5.74, 6) is 0.518. The van der Waals surface area contributed by atoms with Gasteiger partial charge in [0, 0.05) is 12.7 Å². The summed E-state index contributed by atoms with van der Waals surface area (Å²) in [6, 6.07) is 1.62. The molecule has 0 saturated carbocycles. The van der Waals surface area contributed by atoms with Crippen LogP contribution in [0.2, 0.25) is 0 Å². The molecular weight excluding hydrogens is 156 g/mol. The Balaban J connectivity index is 2.78. The Hall–Kier alpha value is -1.49. The molecule has 0 radical (unpaired) electrons. The van der Waals surface area contributed by atoms with Crippen LogP contribution in [0.4, 0.5) is 17.2 Å². The van der Waals surface area contributed by atoms with Gasteiger partial charge in [-0.15, -0.1) is 0 Å². The molecule has 1 heterocycles. The number of aliphatic hydroxyl groups is 1. The third-order valence-corrected chi connectivity index (χ3v) is 1.43. The highest BCUT2D eigenvalue weighted by Crippen LogP contribution is 2.20. The number of nitrogens with zero attached hydrogens (tertiary/aromatic N) is 1. The predicted molar refractivity (Wildman–Crippen MR) is 48.6 cm³/mol. The molecule has 0 aliphatic carbocycles. The highest BCUT2D eigenvalue weighted by molar-refractivity contribution is 5.75. The van der Waals surface area contributed by atoms with Gasteiger partial charge in [0.05, 0.1) is 18.0 Å². The topological polar surface area (TPSA) is 97.2 Å². The molecule has 0 unspecified atom stereocenters. The molecule has 66 valence electrons. The average Bonchev–Trinajstić information content (AvgIpc) is 2.08. The quantitative estimate of drug-likeness (QED) is 0.494. The van der Waals surface area contributed by atoms with E-state index in [2.05, 4.69) is 10.3 Å². The second kappa shape index (κ2) is 3.77. The van der Waals surface area contributed by atoms with Gasteiger partial charge in [-0.2, -0.15) is 0 Å². The van der Waals surface area contributed by atoms with Gasteiger partial charge >= 0.3 is 0 Å². The van der Waals surface area contributed by atoms with E-state index in [0.29, 0.717) is 23.7 Å². The maximum atomic E-state index is 8.53. The Labute approximate surface area is 70.4 Å². The minimum atomic E-state index is 0.0376. The van der Waals surface area contributed by atoms with Gasteiger partial charge in [-0.3, -0.25) is 0 Å². The fourth-order valence-corrected chi connectivity index (χ4v) is 0.803. The maximum Gasteiger partial charge on any atom is 0.151 e. The van der Waals surface area contributed by atoms with Crippen molar-refractivity contribution in [1.82, 2.24) is 4.98 Å². The summed E-state index contributed by atoms with van der Waals surface area (Å²) in [6.45, 7) is 0.455. The van der Waals surface area contributed by atoms with Crippen LogP contribution < -0.4 is 16.8 Å². The van der Waals surface area contributed by atoms with E-state index in [4.69, 9.17) is 16.6 Å². The number of aromatic nitrogens is 1. The highest BCUT2D eigenvalue weighted by Gasteiger charge is 2.01. The van der Waals surface area contributed by atoms with Crippen LogP contribution in [0.25, 0.3) is 0 Å². The third-order valence-electron chi connectivity index (χ3n) is 1.43. The minimum absolute atomic E-state index is 0.0376. The molecule has 0 aliphatic rings. The molecule has 0 aliphatic heterocycles. The molecule has 0 atom stereocenters. The number of anilines is 3. The molecule has 1 rings (SSSR count). The molecule has 5 nitrogen and oxygen atoms in total. The first-order chi connectivity index (χ1) is 5.75. The van der Waals surface area contributed by atoms with E-state index in [1.54, 1.807) is 12.3 Å². The van der Waals surface area contributed by atoms with E-state index in [1.807, 2.05) is 0 Å². The number of rotatable bonds is 3. The van der Waals surface area contributed by atoms with Crippen LogP contribution in [-0.4, -0.2) is 23.2 Å². The van der Waals surface area contributed by atoms with Crippen molar-refractivity contribution in [3.63, 3.8) is 0 Å². The van der Waals surface area contributed by atoms with Crippen molar-refractivity contribution >= 4 is 17.2 Å². The first kappa shape index (κ1) is 8.61. The Kier molecular flexibility index (Phi) is 2.71. The van der Waals surface area contributed by atoms with E-state index in [9.17, 15) is 0 Å². The lowest BCUT2D eigenvalue weighted by Crippen LogP contribution is -2.10. The number of aliphatic hydroxyl groups excluding tert-OH is 1. The fourth-order valence-electron chi connectivity index (χ4n) is 0.803. The van der Waals surface area contributed by atoms with Crippen LogP contribution in [0, 0.1) is 0 Å². The number of hydrogen-bond donors (Lipinski definition) is 4. The van der Waals surface area contributed by atoms with Gasteiger partial charge in [-0.05, 0) is 6.07 Å². The Morgan fingerprint density at radius 2 is 2.25 bits per heavy atom. The van der Waals surface area contributed by atoms with Crippen LogP contribution in [-0.2, 0) is 0 Å². The van der Waals surface area contributed by atoms with Gasteiger partial charge < -0.3 is 21.9 Å². The molecule has 1 aromatic rings. The van der Waals surface area contributed by atoms with Crippen molar-refractivity contribution in [2.24, 2.45) is 0 Å². The van der Waals surface area contributed by atoms with Crippen LogP contribution in [0.15, 0.2) is 12.3 Å². The molecule has 0 spiro atoms. The molecule has 0 aromatic carbocycles.